The summed E-state index contributed by atoms with van der Waals surface area (Å²) in [5.74, 6) is 0.877. The summed E-state index contributed by atoms with van der Waals surface area (Å²) in [6.07, 6.45) is 7.11. The highest BCUT2D eigenvalue weighted by Crippen LogP contribution is 2.35. The number of nitrogens with zero attached hydrogens (tertiary/aromatic N) is 2. The fourth-order valence-electron chi connectivity index (χ4n) is 4.43. The number of amides is 1. The smallest absolute Gasteiger partial charge is 0.266 e. The third-order valence-corrected chi connectivity index (χ3v) is 7.60. The first-order valence-electron chi connectivity index (χ1n) is 11.7. The van der Waals surface area contributed by atoms with E-state index in [9.17, 15) is 4.79 Å². The molecule has 0 saturated carbocycles. The molecule has 34 heavy (non-hydrogen) atoms. The molecule has 2 aromatic carbocycles. The van der Waals surface area contributed by atoms with Gasteiger partial charge in [-0.25, -0.2) is 0 Å². The number of fused-ring (bicyclic) bond motifs is 1. The summed E-state index contributed by atoms with van der Waals surface area (Å²) in [7, 11) is 0. The van der Waals surface area contributed by atoms with Gasteiger partial charge in [0.25, 0.3) is 5.91 Å². The first-order valence-corrected chi connectivity index (χ1v) is 13.0. The molecule has 1 aromatic heterocycles. The van der Waals surface area contributed by atoms with Gasteiger partial charge >= 0.3 is 0 Å². The lowest BCUT2D eigenvalue weighted by atomic mass is 10.1. The van der Waals surface area contributed by atoms with Crippen LogP contribution in [0.25, 0.3) is 17.0 Å². The normalized spacial score (nSPS) is 19.6. The van der Waals surface area contributed by atoms with Crippen molar-refractivity contribution >= 4 is 51.2 Å². The van der Waals surface area contributed by atoms with Gasteiger partial charge in [-0.2, -0.15) is 0 Å². The molecule has 5 nitrogen and oxygen atoms in total. The molecule has 2 fully saturated rings. The van der Waals surface area contributed by atoms with Gasteiger partial charge in [0.15, 0.2) is 0 Å². The second-order valence-corrected chi connectivity index (χ2v) is 10.4. The van der Waals surface area contributed by atoms with Crippen LogP contribution in [0.5, 0.6) is 5.75 Å². The van der Waals surface area contributed by atoms with Gasteiger partial charge in [-0.15, -0.1) is 0 Å². The van der Waals surface area contributed by atoms with Crippen LogP contribution < -0.4 is 4.74 Å². The van der Waals surface area contributed by atoms with Crippen LogP contribution in [-0.2, 0) is 16.1 Å². The van der Waals surface area contributed by atoms with Crippen molar-refractivity contribution in [2.24, 2.45) is 0 Å². The van der Waals surface area contributed by atoms with Crippen LogP contribution in [0, 0.1) is 6.92 Å². The van der Waals surface area contributed by atoms with Crippen molar-refractivity contribution in [2.75, 3.05) is 19.8 Å². The number of carbonyl (C=O) groups excluding carboxylic acids is 1. The van der Waals surface area contributed by atoms with E-state index in [2.05, 4.69) is 42.0 Å². The van der Waals surface area contributed by atoms with E-state index in [1.807, 2.05) is 30.3 Å². The molecular formula is C27H28N2O3S2. The summed E-state index contributed by atoms with van der Waals surface area (Å²) in [5, 5.41) is 1.13. The number of thioether (sulfide) groups is 1. The Morgan fingerprint density at radius 1 is 1.21 bits per heavy atom. The summed E-state index contributed by atoms with van der Waals surface area (Å²) in [4.78, 5) is 15.5. The van der Waals surface area contributed by atoms with Crippen molar-refractivity contribution in [1.29, 1.82) is 0 Å². The van der Waals surface area contributed by atoms with Crippen LogP contribution in [0.1, 0.15) is 30.4 Å². The first kappa shape index (κ1) is 23.1. The molecule has 176 valence electrons. The molecule has 3 heterocycles. The summed E-state index contributed by atoms with van der Waals surface area (Å²) in [6.45, 7) is 4.86. The highest BCUT2D eigenvalue weighted by atomic mass is 32.2. The van der Waals surface area contributed by atoms with Crippen LogP contribution in [0.2, 0.25) is 0 Å². The van der Waals surface area contributed by atoms with Crippen molar-refractivity contribution < 1.29 is 14.3 Å². The Morgan fingerprint density at radius 3 is 2.82 bits per heavy atom. The Balaban J connectivity index is 1.29. The van der Waals surface area contributed by atoms with E-state index in [-0.39, 0.29) is 12.0 Å². The van der Waals surface area contributed by atoms with Gasteiger partial charge in [0, 0.05) is 35.8 Å². The van der Waals surface area contributed by atoms with E-state index in [0.717, 1.165) is 54.6 Å². The minimum atomic E-state index is -0.0196. The van der Waals surface area contributed by atoms with Gasteiger partial charge in [0.1, 0.15) is 10.1 Å². The van der Waals surface area contributed by atoms with Gasteiger partial charge in [-0.3, -0.25) is 9.69 Å². The molecule has 2 aliphatic heterocycles. The molecule has 0 N–H and O–H groups in total. The molecule has 1 atom stereocenters. The lowest BCUT2D eigenvalue weighted by Gasteiger charge is -2.18. The standard InChI is InChI=1S/C27H28N2O3S2/c1-19-9-11-21(12-10-19)31-15-5-13-28-17-20(23-7-2-3-8-24(23)28)16-25-26(30)29(27(33)34-25)18-22-6-4-14-32-22/h2-3,7-12,16-17,22H,4-6,13-15,18H2,1H3/b25-16-/t22-/m0/s1. The van der Waals surface area contributed by atoms with E-state index in [1.54, 1.807) is 4.90 Å². The van der Waals surface area contributed by atoms with Crippen molar-refractivity contribution in [1.82, 2.24) is 9.47 Å². The molecule has 0 bridgehead atoms. The Labute approximate surface area is 209 Å². The average Bonchev–Trinajstić information content (AvgIpc) is 3.54. The quantitative estimate of drug-likeness (QED) is 0.226. The van der Waals surface area contributed by atoms with Crippen molar-refractivity contribution in [3.8, 4) is 5.75 Å². The molecule has 3 aromatic rings. The summed E-state index contributed by atoms with van der Waals surface area (Å²) in [5.41, 5.74) is 3.41. The Kier molecular flexibility index (Phi) is 7.04. The van der Waals surface area contributed by atoms with E-state index in [4.69, 9.17) is 21.7 Å². The topological polar surface area (TPSA) is 43.7 Å². The molecule has 5 rings (SSSR count). The second kappa shape index (κ2) is 10.3. The number of aromatic nitrogens is 1. The van der Waals surface area contributed by atoms with Gasteiger partial charge in [0.2, 0.25) is 0 Å². The number of aryl methyl sites for hydroxylation is 2. The minimum Gasteiger partial charge on any atom is -0.494 e. The van der Waals surface area contributed by atoms with Crippen molar-refractivity contribution in [3.05, 3.63) is 70.8 Å². The number of thiocarbonyl (C=S) groups is 1. The molecular weight excluding hydrogens is 464 g/mol. The maximum absolute atomic E-state index is 13.1. The summed E-state index contributed by atoms with van der Waals surface area (Å²) >= 11 is 6.90. The number of carbonyl (C=O) groups is 1. The maximum Gasteiger partial charge on any atom is 0.266 e. The van der Waals surface area contributed by atoms with Gasteiger partial charge in [0.05, 0.1) is 24.2 Å². The predicted molar refractivity (Wildman–Crippen MR) is 142 cm³/mol. The number of hydrogen-bond acceptors (Lipinski definition) is 5. The van der Waals surface area contributed by atoms with Crippen molar-refractivity contribution in [3.63, 3.8) is 0 Å². The fraction of sp³-hybridized carbons (Fsp3) is 0.333. The van der Waals surface area contributed by atoms with Gasteiger partial charge in [-0.1, -0.05) is 59.9 Å². The number of benzene rings is 2. The zero-order chi connectivity index (χ0) is 23.5. The van der Waals surface area contributed by atoms with Crippen LogP contribution in [0.3, 0.4) is 0 Å². The van der Waals surface area contributed by atoms with Gasteiger partial charge < -0.3 is 14.0 Å². The highest BCUT2D eigenvalue weighted by molar-refractivity contribution is 8.26. The number of rotatable bonds is 8. The number of ether oxygens (including phenoxy) is 2. The molecule has 0 aliphatic carbocycles. The molecule has 0 radical (unpaired) electrons. The Bertz CT molecular complexity index is 1230. The zero-order valence-corrected chi connectivity index (χ0v) is 20.9. The first-order chi connectivity index (χ1) is 16.6. The van der Waals surface area contributed by atoms with Crippen LogP contribution in [-0.4, -0.2) is 45.6 Å². The summed E-state index contributed by atoms with van der Waals surface area (Å²) < 4.78 is 14.5. The van der Waals surface area contributed by atoms with Crippen LogP contribution in [0.15, 0.2) is 59.6 Å². The monoisotopic (exact) mass is 492 g/mol. The minimum absolute atomic E-state index is 0.0196. The number of para-hydroxylation sites is 1. The van der Waals surface area contributed by atoms with Crippen LogP contribution >= 0.6 is 24.0 Å². The molecule has 2 aliphatic rings. The van der Waals surface area contributed by atoms with Crippen molar-refractivity contribution in [2.45, 2.75) is 38.8 Å². The molecule has 2 saturated heterocycles. The molecule has 7 heteroatoms. The maximum atomic E-state index is 13.1. The lowest BCUT2D eigenvalue weighted by Crippen LogP contribution is -2.35. The molecule has 0 spiro atoms. The molecule has 0 unspecified atom stereocenters. The van der Waals surface area contributed by atoms with E-state index < -0.39 is 0 Å². The largest absolute Gasteiger partial charge is 0.494 e. The Hall–Kier alpha value is -2.61. The lowest BCUT2D eigenvalue weighted by molar-refractivity contribution is -0.123. The highest BCUT2D eigenvalue weighted by Gasteiger charge is 2.34. The van der Waals surface area contributed by atoms with E-state index in [0.29, 0.717) is 22.4 Å². The second-order valence-electron chi connectivity index (χ2n) is 8.74. The summed E-state index contributed by atoms with van der Waals surface area (Å²) in [6, 6.07) is 16.4. The molecule has 1 amide bonds. The Morgan fingerprint density at radius 2 is 2.03 bits per heavy atom. The SMILES string of the molecule is Cc1ccc(OCCCn2cc(/C=C3\SC(=S)N(C[C@@H]4CCCO4)C3=O)c3ccccc32)cc1. The zero-order valence-electron chi connectivity index (χ0n) is 19.2. The average molecular weight is 493 g/mol. The number of hydrogen-bond donors (Lipinski definition) is 0. The predicted octanol–water partition coefficient (Wildman–Crippen LogP) is 5.80. The third-order valence-electron chi connectivity index (χ3n) is 6.22. The van der Waals surface area contributed by atoms with E-state index >= 15 is 0 Å². The van der Waals surface area contributed by atoms with E-state index in [1.165, 1.54) is 17.3 Å². The third kappa shape index (κ3) is 5.06. The van der Waals surface area contributed by atoms with Gasteiger partial charge in [-0.05, 0) is 50.5 Å². The van der Waals surface area contributed by atoms with Crippen LogP contribution in [0.4, 0.5) is 0 Å². The fourth-order valence-corrected chi connectivity index (χ4v) is 5.69.